The second-order valence-electron chi connectivity index (χ2n) is 12.3. The van der Waals surface area contributed by atoms with Gasteiger partial charge in [0.05, 0.1) is 16.0 Å². The molecule has 0 amide bonds. The van der Waals surface area contributed by atoms with Crippen LogP contribution < -0.4 is 0 Å². The number of thiophene rings is 1. The number of benzene rings is 2. The third kappa shape index (κ3) is 8.23. The van der Waals surface area contributed by atoms with Gasteiger partial charge in [-0.2, -0.15) is 0 Å². The normalized spacial score (nSPS) is 12.2. The second kappa shape index (κ2) is 15.3. The van der Waals surface area contributed by atoms with Gasteiger partial charge in [-0.05, 0) is 66.1 Å². The van der Waals surface area contributed by atoms with E-state index in [9.17, 15) is 9.90 Å². The molecule has 1 radical (unpaired) electrons. The number of fused-ring (bicyclic) bond motifs is 5. The molecule has 1 N–H and O–H groups in total. The number of nitrogens with zero attached hydrogens (tertiary/aromatic N) is 1. The van der Waals surface area contributed by atoms with E-state index in [0.717, 1.165) is 65.3 Å². The van der Waals surface area contributed by atoms with E-state index in [4.69, 9.17) is 4.42 Å². The van der Waals surface area contributed by atoms with Gasteiger partial charge < -0.3 is 14.5 Å². The van der Waals surface area contributed by atoms with Crippen molar-refractivity contribution >= 4 is 49.1 Å². The van der Waals surface area contributed by atoms with E-state index >= 15 is 0 Å². The summed E-state index contributed by atoms with van der Waals surface area (Å²) in [7, 11) is 0. The molecule has 6 heteroatoms. The minimum absolute atomic E-state index is 0. The van der Waals surface area contributed by atoms with Crippen LogP contribution in [0.3, 0.4) is 0 Å². The molecule has 0 aliphatic heterocycles. The van der Waals surface area contributed by atoms with Crippen molar-refractivity contribution in [2.24, 2.45) is 17.3 Å². The van der Waals surface area contributed by atoms with Crippen molar-refractivity contribution in [2.45, 2.75) is 80.6 Å². The molecule has 43 heavy (non-hydrogen) atoms. The smallest absolute Gasteiger partial charge is 0.162 e. The Bertz CT molecular complexity index is 1680. The standard InChI is InChI=1S/C24H20NOS.C13H24O2.Ir/c1-24(2,3)14-15-9-11-25-20(13-15)19-6-4-5-17-18-8-7-16-10-12-27-23(16)22(18)26-21(17)19;1-5-10(6-2)12(14)9-13(15)11(7-3)8-4;/h4-5,7-13H,14H2,1-3H3;9-11,14H,5-8H2,1-4H3;/q-1;;/b;12-9-;. The number of ketones is 1. The number of carbonyl (C=O) groups is 1. The SMILES string of the molecule is CC(C)(C)Cc1ccnc(-c2[c-]ccc3c2oc2c3ccc3ccsc32)c1.CCC(CC)C(=O)/C=C(\O)C(CC)CC.[Ir]. The molecule has 2 aromatic carbocycles. The van der Waals surface area contributed by atoms with E-state index < -0.39 is 0 Å². The fourth-order valence-electron chi connectivity index (χ4n) is 5.53. The van der Waals surface area contributed by atoms with Crippen molar-refractivity contribution in [2.75, 3.05) is 0 Å². The number of carbonyl (C=O) groups excluding carboxylic acids is 1. The average Bonchev–Trinajstić information content (AvgIpc) is 3.58. The molecule has 0 atom stereocenters. The predicted octanol–water partition coefficient (Wildman–Crippen LogP) is 11.1. The number of rotatable bonds is 9. The van der Waals surface area contributed by atoms with Gasteiger partial charge in [-0.1, -0.05) is 83.2 Å². The Morgan fingerprint density at radius 3 is 2.30 bits per heavy atom. The first-order valence-electron chi connectivity index (χ1n) is 15.2. The number of hydrogen-bond acceptors (Lipinski definition) is 5. The topological polar surface area (TPSA) is 63.3 Å². The van der Waals surface area contributed by atoms with Crippen LogP contribution in [0.2, 0.25) is 0 Å². The van der Waals surface area contributed by atoms with Crippen LogP contribution in [0.1, 0.15) is 79.7 Å². The molecule has 5 rings (SSSR count). The fourth-order valence-corrected chi connectivity index (χ4v) is 6.41. The molecule has 231 valence electrons. The first kappa shape index (κ1) is 34.7. The zero-order valence-corrected chi connectivity index (χ0v) is 29.6. The van der Waals surface area contributed by atoms with Gasteiger partial charge in [-0.25, -0.2) is 0 Å². The fraction of sp³-hybridized carbons (Fsp3) is 0.405. The number of furan rings is 1. The van der Waals surface area contributed by atoms with Crippen LogP contribution >= 0.6 is 11.3 Å². The summed E-state index contributed by atoms with van der Waals surface area (Å²) in [5.74, 6) is 0.547. The van der Waals surface area contributed by atoms with E-state index in [2.05, 4.69) is 73.6 Å². The largest absolute Gasteiger partial charge is 0.512 e. The van der Waals surface area contributed by atoms with Gasteiger partial charge in [0.2, 0.25) is 0 Å². The van der Waals surface area contributed by atoms with Gasteiger partial charge in [0, 0.05) is 49.6 Å². The molecule has 0 aliphatic carbocycles. The van der Waals surface area contributed by atoms with Crippen molar-refractivity contribution in [3.05, 3.63) is 77.5 Å². The van der Waals surface area contributed by atoms with Crippen molar-refractivity contribution in [1.82, 2.24) is 4.98 Å². The molecule has 4 nitrogen and oxygen atoms in total. The zero-order valence-electron chi connectivity index (χ0n) is 26.4. The molecule has 0 bridgehead atoms. The average molecular weight is 775 g/mol. The Hall–Kier alpha value is -2.79. The summed E-state index contributed by atoms with van der Waals surface area (Å²) < 4.78 is 7.59. The number of aliphatic hydroxyl groups is 1. The van der Waals surface area contributed by atoms with Gasteiger partial charge in [0.1, 0.15) is 5.58 Å². The van der Waals surface area contributed by atoms with Crippen LogP contribution in [0.25, 0.3) is 43.3 Å². The van der Waals surface area contributed by atoms with Crippen LogP contribution in [0.5, 0.6) is 0 Å². The molecule has 0 aliphatic rings. The van der Waals surface area contributed by atoms with Gasteiger partial charge in [-0.15, -0.1) is 29.5 Å². The third-order valence-electron chi connectivity index (χ3n) is 7.92. The molecule has 0 unspecified atom stereocenters. The first-order chi connectivity index (χ1) is 20.1. The summed E-state index contributed by atoms with van der Waals surface area (Å²) in [6, 6.07) is 18.2. The maximum atomic E-state index is 11.7. The van der Waals surface area contributed by atoms with Crippen molar-refractivity contribution < 1.29 is 34.4 Å². The zero-order chi connectivity index (χ0) is 30.4. The number of allylic oxidation sites excluding steroid dienone is 2. The molecule has 0 saturated carbocycles. The summed E-state index contributed by atoms with van der Waals surface area (Å²) in [5.41, 5.74) is 5.21. The number of hydrogen-bond donors (Lipinski definition) is 1. The van der Waals surface area contributed by atoms with Gasteiger partial charge in [0.15, 0.2) is 5.78 Å². The summed E-state index contributed by atoms with van der Waals surface area (Å²) in [6.45, 7) is 14.8. The van der Waals surface area contributed by atoms with E-state index in [1.165, 1.54) is 21.7 Å². The third-order valence-corrected chi connectivity index (χ3v) is 8.85. The van der Waals surface area contributed by atoms with E-state index in [0.29, 0.717) is 0 Å². The van der Waals surface area contributed by atoms with Crippen LogP contribution in [0.15, 0.2) is 70.3 Å². The van der Waals surface area contributed by atoms with E-state index in [1.807, 2.05) is 40.0 Å². The number of pyridine rings is 1. The van der Waals surface area contributed by atoms with Crippen LogP contribution in [0.4, 0.5) is 0 Å². The molecule has 0 spiro atoms. The maximum absolute atomic E-state index is 11.7. The Morgan fingerprint density at radius 1 is 0.977 bits per heavy atom. The van der Waals surface area contributed by atoms with Crippen molar-refractivity contribution in [1.29, 1.82) is 0 Å². The molecule has 0 fully saturated rings. The monoisotopic (exact) mass is 775 g/mol. The predicted molar refractivity (Wildman–Crippen MR) is 178 cm³/mol. The summed E-state index contributed by atoms with van der Waals surface area (Å²) in [6.07, 6.45) is 7.81. The van der Waals surface area contributed by atoms with Gasteiger partial charge >= 0.3 is 0 Å². The van der Waals surface area contributed by atoms with Gasteiger partial charge in [0.25, 0.3) is 0 Å². The Kier molecular flexibility index (Phi) is 12.3. The van der Waals surface area contributed by atoms with E-state index in [1.54, 1.807) is 11.3 Å². The molecule has 3 aromatic heterocycles. The Balaban J connectivity index is 0.000000274. The molecule has 5 aromatic rings. The van der Waals surface area contributed by atoms with Crippen molar-refractivity contribution in [3.63, 3.8) is 0 Å². The Morgan fingerprint density at radius 2 is 1.65 bits per heavy atom. The van der Waals surface area contributed by atoms with Crippen molar-refractivity contribution in [3.8, 4) is 11.3 Å². The summed E-state index contributed by atoms with van der Waals surface area (Å²) in [4.78, 5) is 16.3. The van der Waals surface area contributed by atoms with Crippen LogP contribution in [-0.2, 0) is 31.3 Å². The maximum Gasteiger partial charge on any atom is 0.162 e. The molecular weight excluding hydrogens is 731 g/mol. The molecular formula is C37H44IrNO3S-. The van der Waals surface area contributed by atoms with Crippen LogP contribution in [-0.4, -0.2) is 15.9 Å². The minimum atomic E-state index is 0. The number of aliphatic hydroxyl groups excluding tert-OH is 1. The van der Waals surface area contributed by atoms with Crippen LogP contribution in [0, 0.1) is 23.3 Å². The molecule has 0 saturated heterocycles. The summed E-state index contributed by atoms with van der Waals surface area (Å²) in [5, 5.41) is 15.4. The quantitative estimate of drug-likeness (QED) is 0.0920. The molecule has 3 heterocycles. The summed E-state index contributed by atoms with van der Waals surface area (Å²) >= 11 is 1.72. The second-order valence-corrected chi connectivity index (χ2v) is 13.2. The minimum Gasteiger partial charge on any atom is -0.512 e. The first-order valence-corrected chi connectivity index (χ1v) is 16.1. The van der Waals surface area contributed by atoms with E-state index in [-0.39, 0.29) is 48.9 Å². The number of aromatic nitrogens is 1. The van der Waals surface area contributed by atoms with Gasteiger partial charge in [-0.3, -0.25) is 4.79 Å². The Labute approximate surface area is 274 Å².